The summed E-state index contributed by atoms with van der Waals surface area (Å²) in [6.07, 6.45) is 0. The molecule has 0 spiro atoms. The lowest BCUT2D eigenvalue weighted by Crippen LogP contribution is -2.42. The minimum atomic E-state index is -0.756. The second kappa shape index (κ2) is 5.22. The number of aryl methyl sites for hydroxylation is 2. The Kier molecular flexibility index (Phi) is 3.85. The maximum absolute atomic E-state index is 12.5. The molecule has 6 heteroatoms. The van der Waals surface area contributed by atoms with E-state index in [1.54, 1.807) is 4.90 Å². The number of carbonyl (C=O) groups excluding carboxylic acids is 1. The molecule has 0 unspecified atom stereocenters. The van der Waals surface area contributed by atoms with E-state index in [4.69, 9.17) is 0 Å². The van der Waals surface area contributed by atoms with E-state index < -0.39 is 10.8 Å². The second-order valence-corrected chi connectivity index (χ2v) is 6.20. The Labute approximate surface area is 110 Å². The number of hydrogen-bond donors (Lipinski definition) is 0. The monoisotopic (exact) mass is 269 g/mol. The van der Waals surface area contributed by atoms with Gasteiger partial charge < -0.3 is 4.90 Å². The largest absolute Gasteiger partial charge is 0.337 e. The molecule has 0 saturated carbocycles. The van der Waals surface area contributed by atoms with Gasteiger partial charge in [-0.2, -0.15) is 5.10 Å². The summed E-state index contributed by atoms with van der Waals surface area (Å²) in [6, 6.07) is 0. The van der Waals surface area contributed by atoms with Gasteiger partial charge in [0.2, 0.25) is 0 Å². The molecule has 1 fully saturated rings. The van der Waals surface area contributed by atoms with Gasteiger partial charge in [-0.1, -0.05) is 0 Å². The number of carbonyl (C=O) groups is 1. The number of rotatable bonds is 2. The van der Waals surface area contributed by atoms with E-state index in [9.17, 15) is 9.00 Å². The Morgan fingerprint density at radius 2 is 1.94 bits per heavy atom. The standard InChI is InChI=1S/C12H19N3O2S/c1-4-15-10(3)11(9(2)13-15)12(16)14-5-7-18(17)8-6-14/h4-8H2,1-3H3. The van der Waals surface area contributed by atoms with Crippen molar-refractivity contribution < 1.29 is 9.00 Å². The van der Waals surface area contributed by atoms with Gasteiger partial charge in [-0.3, -0.25) is 13.7 Å². The van der Waals surface area contributed by atoms with Gasteiger partial charge in [-0.25, -0.2) is 0 Å². The summed E-state index contributed by atoms with van der Waals surface area (Å²) in [7, 11) is -0.756. The molecule has 1 amide bonds. The van der Waals surface area contributed by atoms with Crippen LogP contribution in [-0.2, 0) is 17.3 Å². The molecule has 100 valence electrons. The van der Waals surface area contributed by atoms with Gasteiger partial charge in [0.25, 0.3) is 5.91 Å². The zero-order chi connectivity index (χ0) is 13.3. The van der Waals surface area contributed by atoms with E-state index in [1.165, 1.54) is 0 Å². The van der Waals surface area contributed by atoms with Gasteiger partial charge in [0.15, 0.2) is 0 Å². The van der Waals surface area contributed by atoms with Crippen LogP contribution >= 0.6 is 0 Å². The van der Waals surface area contributed by atoms with Crippen LogP contribution in [0.5, 0.6) is 0 Å². The highest BCUT2D eigenvalue weighted by atomic mass is 32.2. The molecule has 1 aromatic heterocycles. The summed E-state index contributed by atoms with van der Waals surface area (Å²) in [4.78, 5) is 14.2. The first-order valence-corrected chi connectivity index (χ1v) is 7.71. The minimum absolute atomic E-state index is 0.0291. The molecule has 2 heterocycles. The summed E-state index contributed by atoms with van der Waals surface area (Å²) in [5.74, 6) is 1.21. The molecule has 0 radical (unpaired) electrons. The van der Waals surface area contributed by atoms with Crippen molar-refractivity contribution in [3.8, 4) is 0 Å². The van der Waals surface area contributed by atoms with Crippen molar-refractivity contribution in [2.75, 3.05) is 24.6 Å². The van der Waals surface area contributed by atoms with Crippen LogP contribution in [0.25, 0.3) is 0 Å². The highest BCUT2D eigenvalue weighted by Gasteiger charge is 2.26. The molecule has 1 aliphatic heterocycles. The Morgan fingerprint density at radius 1 is 1.33 bits per heavy atom. The maximum Gasteiger partial charge on any atom is 0.257 e. The fraction of sp³-hybridized carbons (Fsp3) is 0.667. The van der Waals surface area contributed by atoms with E-state index in [-0.39, 0.29) is 5.91 Å². The summed E-state index contributed by atoms with van der Waals surface area (Å²) in [5.41, 5.74) is 2.42. The Hall–Kier alpha value is -1.17. The van der Waals surface area contributed by atoms with Crippen molar-refractivity contribution >= 4 is 16.7 Å². The summed E-state index contributed by atoms with van der Waals surface area (Å²) < 4.78 is 13.2. The van der Waals surface area contributed by atoms with Gasteiger partial charge in [0.05, 0.1) is 11.3 Å². The fourth-order valence-corrected chi connectivity index (χ4v) is 3.37. The van der Waals surface area contributed by atoms with Gasteiger partial charge in [-0.15, -0.1) is 0 Å². The highest BCUT2D eigenvalue weighted by molar-refractivity contribution is 7.85. The van der Waals surface area contributed by atoms with Crippen molar-refractivity contribution in [1.29, 1.82) is 0 Å². The summed E-state index contributed by atoms with van der Waals surface area (Å²) in [5, 5.41) is 4.37. The lowest BCUT2D eigenvalue weighted by molar-refractivity contribution is 0.0769. The molecule has 0 aromatic carbocycles. The molecular weight excluding hydrogens is 250 g/mol. The van der Waals surface area contributed by atoms with E-state index in [2.05, 4.69) is 5.10 Å². The van der Waals surface area contributed by atoms with Crippen LogP contribution in [0.2, 0.25) is 0 Å². The minimum Gasteiger partial charge on any atom is -0.337 e. The fourth-order valence-electron chi connectivity index (χ4n) is 2.31. The van der Waals surface area contributed by atoms with E-state index in [0.29, 0.717) is 30.2 Å². The number of aromatic nitrogens is 2. The third kappa shape index (κ3) is 2.34. The van der Waals surface area contributed by atoms with Crippen LogP contribution in [0.15, 0.2) is 0 Å². The molecule has 0 atom stereocenters. The normalized spacial score (nSPS) is 17.2. The van der Waals surface area contributed by atoms with Crippen LogP contribution in [0.1, 0.15) is 28.7 Å². The van der Waals surface area contributed by atoms with Crippen LogP contribution < -0.4 is 0 Å². The summed E-state index contributed by atoms with van der Waals surface area (Å²) >= 11 is 0. The van der Waals surface area contributed by atoms with Crippen LogP contribution in [0, 0.1) is 13.8 Å². The van der Waals surface area contributed by atoms with E-state index >= 15 is 0 Å². The first kappa shape index (κ1) is 13.3. The van der Waals surface area contributed by atoms with Gasteiger partial charge in [0.1, 0.15) is 0 Å². The van der Waals surface area contributed by atoms with Crippen molar-refractivity contribution in [3.05, 3.63) is 17.0 Å². The number of hydrogen-bond acceptors (Lipinski definition) is 3. The number of nitrogens with zero attached hydrogens (tertiary/aromatic N) is 3. The molecule has 5 nitrogen and oxygen atoms in total. The molecule has 0 aliphatic carbocycles. The molecule has 0 bridgehead atoms. The maximum atomic E-state index is 12.5. The number of amides is 1. The quantitative estimate of drug-likeness (QED) is 0.795. The predicted molar refractivity (Wildman–Crippen MR) is 71.2 cm³/mol. The molecule has 0 N–H and O–H groups in total. The second-order valence-electron chi connectivity index (χ2n) is 4.50. The average molecular weight is 269 g/mol. The van der Waals surface area contributed by atoms with Crippen molar-refractivity contribution in [3.63, 3.8) is 0 Å². The van der Waals surface area contributed by atoms with Crippen molar-refractivity contribution in [1.82, 2.24) is 14.7 Å². The predicted octanol–water partition coefficient (Wildman–Crippen LogP) is 0.724. The molecule has 1 saturated heterocycles. The SMILES string of the molecule is CCn1nc(C)c(C(=O)N2CCS(=O)CC2)c1C. The molecule has 2 rings (SSSR count). The Balaban J connectivity index is 2.23. The topological polar surface area (TPSA) is 55.2 Å². The van der Waals surface area contributed by atoms with Crippen LogP contribution in [-0.4, -0.2) is 49.4 Å². The van der Waals surface area contributed by atoms with Crippen LogP contribution in [0.4, 0.5) is 0 Å². The lowest BCUT2D eigenvalue weighted by atomic mass is 10.1. The van der Waals surface area contributed by atoms with Crippen molar-refractivity contribution in [2.24, 2.45) is 0 Å². The van der Waals surface area contributed by atoms with E-state index in [0.717, 1.165) is 17.9 Å². The average Bonchev–Trinajstić information content (AvgIpc) is 2.64. The van der Waals surface area contributed by atoms with E-state index in [1.807, 2.05) is 25.5 Å². The van der Waals surface area contributed by atoms with Gasteiger partial charge in [0, 0.05) is 47.6 Å². The first-order chi connectivity index (χ1) is 8.54. The van der Waals surface area contributed by atoms with Gasteiger partial charge >= 0.3 is 0 Å². The molecule has 1 aromatic rings. The van der Waals surface area contributed by atoms with Gasteiger partial charge in [-0.05, 0) is 20.8 Å². The van der Waals surface area contributed by atoms with Crippen LogP contribution in [0.3, 0.4) is 0 Å². The molecular formula is C12H19N3O2S. The zero-order valence-corrected chi connectivity index (χ0v) is 11.9. The smallest absolute Gasteiger partial charge is 0.257 e. The molecule has 1 aliphatic rings. The highest BCUT2D eigenvalue weighted by Crippen LogP contribution is 2.16. The third-order valence-electron chi connectivity index (χ3n) is 3.36. The Bertz CT molecular complexity index is 486. The zero-order valence-electron chi connectivity index (χ0n) is 11.1. The first-order valence-electron chi connectivity index (χ1n) is 6.22. The molecule has 18 heavy (non-hydrogen) atoms. The van der Waals surface area contributed by atoms with Crippen molar-refractivity contribution in [2.45, 2.75) is 27.3 Å². The Morgan fingerprint density at radius 3 is 2.44 bits per heavy atom. The third-order valence-corrected chi connectivity index (χ3v) is 4.64. The summed E-state index contributed by atoms with van der Waals surface area (Å²) in [6.45, 7) is 7.75. The lowest BCUT2D eigenvalue weighted by Gasteiger charge is -2.26.